The summed E-state index contributed by atoms with van der Waals surface area (Å²) in [7, 11) is -3.83. The molecule has 2 rings (SSSR count). The van der Waals surface area contributed by atoms with Gasteiger partial charge in [-0.25, -0.2) is 0 Å². The zero-order chi connectivity index (χ0) is 19.2. The Labute approximate surface area is 146 Å². The summed E-state index contributed by atoms with van der Waals surface area (Å²) in [5.74, 6) is -2.18. The van der Waals surface area contributed by atoms with Crippen LogP contribution in [-0.4, -0.2) is 30.2 Å². The maximum Gasteiger partial charge on any atom is 0.453 e. The first-order valence-corrected chi connectivity index (χ1v) is 8.63. The van der Waals surface area contributed by atoms with Gasteiger partial charge in [-0.1, -0.05) is 25.4 Å². The lowest BCUT2D eigenvalue weighted by Gasteiger charge is -2.14. The van der Waals surface area contributed by atoms with Crippen LogP contribution in [0, 0.1) is 0 Å². The summed E-state index contributed by atoms with van der Waals surface area (Å²) in [5.41, 5.74) is -0.159. The summed E-state index contributed by atoms with van der Waals surface area (Å²) < 4.78 is 75.6. The molecule has 0 bridgehead atoms. The minimum absolute atomic E-state index is 0.0958. The van der Waals surface area contributed by atoms with Gasteiger partial charge in [0, 0.05) is 7.05 Å². The quantitative estimate of drug-likeness (QED) is 0.624. The first-order valence-electron chi connectivity index (χ1n) is 6.86. The van der Waals surface area contributed by atoms with E-state index >= 15 is 0 Å². The Morgan fingerprint density at radius 1 is 1.28 bits per heavy atom. The van der Waals surface area contributed by atoms with E-state index in [1.165, 1.54) is 13.1 Å². The van der Waals surface area contributed by atoms with Crippen LogP contribution < -0.4 is 5.32 Å². The molecule has 0 fully saturated rings. The fourth-order valence-electron chi connectivity index (χ4n) is 2.14. The number of halogens is 5. The smallest absolute Gasteiger partial charge is 0.357 e. The summed E-state index contributed by atoms with van der Waals surface area (Å²) in [4.78, 5) is 2.59. The molecular formula is C13H13ClF4N4O2S. The predicted octanol–water partition coefficient (Wildman–Crippen LogP) is 3.76. The van der Waals surface area contributed by atoms with Crippen molar-refractivity contribution in [2.45, 2.75) is 30.8 Å². The number of hydrogen-bond acceptors (Lipinski definition) is 5. The molecule has 1 aromatic heterocycles. The molecule has 0 spiro atoms. The summed E-state index contributed by atoms with van der Waals surface area (Å²) >= 11 is 6.07. The molecule has 25 heavy (non-hydrogen) atoms. The van der Waals surface area contributed by atoms with Crippen molar-refractivity contribution < 1.29 is 25.5 Å². The van der Waals surface area contributed by atoms with E-state index < -0.39 is 33.0 Å². The Morgan fingerprint density at radius 2 is 1.88 bits per heavy atom. The summed E-state index contributed by atoms with van der Waals surface area (Å²) in [6.07, 6.45) is -4.82. The molecule has 0 unspecified atom stereocenters. The van der Waals surface area contributed by atoms with Gasteiger partial charge in [0.05, 0.1) is 10.7 Å². The van der Waals surface area contributed by atoms with E-state index in [0.29, 0.717) is 4.68 Å². The highest BCUT2D eigenvalue weighted by molar-refractivity contribution is 7.86. The second-order valence-electron chi connectivity index (χ2n) is 5.35. The maximum absolute atomic E-state index is 13.6. The van der Waals surface area contributed by atoms with E-state index in [2.05, 4.69) is 15.4 Å². The average molecular weight is 401 g/mol. The molecule has 1 N–H and O–H groups in total. The lowest BCUT2D eigenvalue weighted by Crippen LogP contribution is -2.10. The molecule has 0 atom stereocenters. The van der Waals surface area contributed by atoms with Crippen LogP contribution >= 0.6 is 11.6 Å². The molecule has 0 radical (unpaired) electrons. The molecule has 6 nitrogen and oxygen atoms in total. The van der Waals surface area contributed by atoms with E-state index in [9.17, 15) is 25.5 Å². The first kappa shape index (κ1) is 19.4. The highest BCUT2D eigenvalue weighted by Crippen LogP contribution is 2.35. The van der Waals surface area contributed by atoms with Crippen molar-refractivity contribution >= 4 is 27.8 Å². The van der Waals surface area contributed by atoms with Gasteiger partial charge in [0.25, 0.3) is 5.82 Å². The SMILES string of the molecule is CNc1nc(C(F)(F)F)nn1-c1cc(S(=O)(=O)F)c(C(C)C)cc1Cl. The van der Waals surface area contributed by atoms with Gasteiger partial charge >= 0.3 is 16.4 Å². The highest BCUT2D eigenvalue weighted by atomic mass is 35.5. The van der Waals surface area contributed by atoms with Crippen LogP contribution in [0.25, 0.3) is 5.69 Å². The number of hydrogen-bond donors (Lipinski definition) is 1. The molecule has 1 aromatic carbocycles. The molecule has 0 amide bonds. The fraction of sp³-hybridized carbons (Fsp3) is 0.385. The van der Waals surface area contributed by atoms with Crippen molar-refractivity contribution in [3.05, 3.63) is 28.5 Å². The van der Waals surface area contributed by atoms with Crippen LogP contribution in [-0.2, 0) is 16.4 Å². The zero-order valence-electron chi connectivity index (χ0n) is 13.2. The van der Waals surface area contributed by atoms with Gasteiger partial charge in [-0.15, -0.1) is 8.98 Å². The highest BCUT2D eigenvalue weighted by Gasteiger charge is 2.37. The van der Waals surface area contributed by atoms with E-state index in [1.807, 2.05) is 0 Å². The average Bonchev–Trinajstić information content (AvgIpc) is 2.89. The van der Waals surface area contributed by atoms with E-state index in [0.717, 1.165) is 6.07 Å². The van der Waals surface area contributed by atoms with Gasteiger partial charge in [0.15, 0.2) is 0 Å². The third-order valence-corrected chi connectivity index (χ3v) is 4.46. The molecule has 1 heterocycles. The minimum Gasteiger partial charge on any atom is -0.357 e. The summed E-state index contributed by atoms with van der Waals surface area (Å²) in [6.45, 7) is 3.24. The van der Waals surface area contributed by atoms with E-state index in [-0.39, 0.29) is 22.2 Å². The van der Waals surface area contributed by atoms with E-state index in [4.69, 9.17) is 11.6 Å². The Morgan fingerprint density at radius 3 is 2.32 bits per heavy atom. The fourth-order valence-corrected chi connectivity index (χ4v) is 3.23. The maximum atomic E-state index is 13.6. The van der Waals surface area contributed by atoms with Gasteiger partial charge in [0.1, 0.15) is 4.90 Å². The van der Waals surface area contributed by atoms with Crippen molar-refractivity contribution in [1.82, 2.24) is 14.8 Å². The van der Waals surface area contributed by atoms with Crippen molar-refractivity contribution in [1.29, 1.82) is 0 Å². The zero-order valence-corrected chi connectivity index (χ0v) is 14.8. The van der Waals surface area contributed by atoms with Crippen LogP contribution in [0.15, 0.2) is 17.0 Å². The number of nitrogens with one attached hydrogen (secondary N) is 1. The number of nitrogens with zero attached hydrogens (tertiary/aromatic N) is 3. The Hall–Kier alpha value is -1.88. The van der Waals surface area contributed by atoms with Gasteiger partial charge in [0.2, 0.25) is 5.95 Å². The van der Waals surface area contributed by atoms with Gasteiger partial charge in [-0.05, 0) is 23.6 Å². The Kier molecular flexibility index (Phi) is 5.01. The third-order valence-electron chi connectivity index (χ3n) is 3.28. The van der Waals surface area contributed by atoms with Crippen LogP contribution in [0.1, 0.15) is 31.2 Å². The molecule has 12 heteroatoms. The lowest BCUT2D eigenvalue weighted by atomic mass is 10.0. The van der Waals surface area contributed by atoms with Crippen molar-refractivity contribution in [2.24, 2.45) is 0 Å². The summed E-state index contributed by atoms with van der Waals surface area (Å²) in [5, 5.41) is 5.59. The Bertz CT molecular complexity index is 909. The summed E-state index contributed by atoms with van der Waals surface area (Å²) in [6, 6.07) is 2.02. The van der Waals surface area contributed by atoms with Crippen LogP contribution in [0.4, 0.5) is 23.0 Å². The number of benzene rings is 1. The van der Waals surface area contributed by atoms with Gasteiger partial charge in [-0.2, -0.15) is 31.3 Å². The third kappa shape index (κ3) is 3.87. The normalized spacial score (nSPS) is 12.7. The number of anilines is 1. The standard InChI is InChI=1S/C13H13ClF4N4O2S/c1-6(2)7-4-8(14)9(5-10(7)25(18,23)24)22-12(19-3)20-11(21-22)13(15,16)17/h4-6H,1-3H3,(H,19,20,21). The molecular weight excluding hydrogens is 388 g/mol. The molecule has 0 saturated heterocycles. The second-order valence-corrected chi connectivity index (χ2v) is 7.08. The lowest BCUT2D eigenvalue weighted by molar-refractivity contribution is -0.144. The molecule has 0 aliphatic carbocycles. The monoisotopic (exact) mass is 400 g/mol. The van der Waals surface area contributed by atoms with Crippen molar-refractivity contribution in [3.63, 3.8) is 0 Å². The molecule has 0 saturated carbocycles. The van der Waals surface area contributed by atoms with Crippen LogP contribution in [0.2, 0.25) is 5.02 Å². The van der Waals surface area contributed by atoms with Crippen LogP contribution in [0.5, 0.6) is 0 Å². The largest absolute Gasteiger partial charge is 0.453 e. The molecule has 0 aliphatic rings. The topological polar surface area (TPSA) is 76.9 Å². The van der Waals surface area contributed by atoms with Crippen molar-refractivity contribution in [3.8, 4) is 5.69 Å². The van der Waals surface area contributed by atoms with Gasteiger partial charge < -0.3 is 5.32 Å². The Balaban J connectivity index is 2.79. The predicted molar refractivity (Wildman–Crippen MR) is 83.3 cm³/mol. The number of alkyl halides is 3. The second kappa shape index (κ2) is 6.45. The first-order chi connectivity index (χ1) is 11.4. The molecule has 0 aliphatic heterocycles. The van der Waals surface area contributed by atoms with Gasteiger partial charge in [-0.3, -0.25) is 0 Å². The van der Waals surface area contributed by atoms with Crippen molar-refractivity contribution in [2.75, 3.05) is 12.4 Å². The molecule has 138 valence electrons. The number of aromatic nitrogens is 3. The molecule has 2 aromatic rings. The van der Waals surface area contributed by atoms with E-state index in [1.54, 1.807) is 13.8 Å². The minimum atomic E-state index is -5.13. The van der Waals surface area contributed by atoms with Crippen LogP contribution in [0.3, 0.4) is 0 Å². The number of rotatable bonds is 4.